The lowest BCUT2D eigenvalue weighted by Gasteiger charge is -2.20. The number of hydroxylamine groups is 2. The predicted octanol–water partition coefficient (Wildman–Crippen LogP) is 1.36. The van der Waals surface area contributed by atoms with E-state index in [9.17, 15) is 0 Å². The Morgan fingerprint density at radius 2 is 2.43 bits per heavy atom. The number of hydrogen-bond donors (Lipinski definition) is 1. The minimum atomic E-state index is 0.292. The minimum Gasteiger partial charge on any atom is -0.397 e. The molecule has 0 aliphatic carbocycles. The highest BCUT2D eigenvalue weighted by molar-refractivity contribution is 5.35. The summed E-state index contributed by atoms with van der Waals surface area (Å²) in [6.45, 7) is 0.979. The topological polar surface area (TPSA) is 51.4 Å². The summed E-state index contributed by atoms with van der Waals surface area (Å²) in [5.74, 6) is 0. The van der Waals surface area contributed by atoms with Gasteiger partial charge in [0.1, 0.15) is 0 Å². The van der Waals surface area contributed by atoms with E-state index < -0.39 is 0 Å². The Morgan fingerprint density at radius 3 is 3.07 bits per heavy atom. The molecule has 1 atom stereocenters. The zero-order valence-electron chi connectivity index (χ0n) is 8.31. The van der Waals surface area contributed by atoms with Gasteiger partial charge in [-0.2, -0.15) is 5.06 Å². The summed E-state index contributed by atoms with van der Waals surface area (Å²) in [7, 11) is 1.70. The van der Waals surface area contributed by atoms with Gasteiger partial charge in [0.25, 0.3) is 0 Å². The van der Waals surface area contributed by atoms with Crippen molar-refractivity contribution in [2.75, 3.05) is 19.4 Å². The number of rotatable bonds is 2. The average molecular weight is 193 g/mol. The van der Waals surface area contributed by atoms with Crippen molar-refractivity contribution in [2.45, 2.75) is 18.9 Å². The van der Waals surface area contributed by atoms with Gasteiger partial charge in [-0.05, 0) is 25.0 Å². The zero-order chi connectivity index (χ0) is 9.97. The first-order chi connectivity index (χ1) is 6.81. The van der Waals surface area contributed by atoms with Crippen LogP contribution in [-0.2, 0) is 4.84 Å². The smallest absolute Gasteiger partial charge is 0.0774 e. The van der Waals surface area contributed by atoms with Crippen molar-refractivity contribution in [2.24, 2.45) is 0 Å². The lowest BCUT2D eigenvalue weighted by atomic mass is 10.1. The molecule has 76 valence electrons. The molecule has 0 aromatic carbocycles. The molecule has 2 N–H and O–H groups in total. The third-order valence-electron chi connectivity index (χ3n) is 2.59. The maximum Gasteiger partial charge on any atom is 0.0774 e. The van der Waals surface area contributed by atoms with Crippen LogP contribution in [0.25, 0.3) is 0 Å². The van der Waals surface area contributed by atoms with Gasteiger partial charge in [0.15, 0.2) is 0 Å². The van der Waals surface area contributed by atoms with Gasteiger partial charge in [0.05, 0.1) is 30.7 Å². The van der Waals surface area contributed by atoms with Crippen molar-refractivity contribution in [1.82, 2.24) is 10.0 Å². The summed E-state index contributed by atoms with van der Waals surface area (Å²) < 4.78 is 0. The standard InChI is InChI=1S/C10H15N3O/c1-14-13-6-2-3-10(13)9-5-4-8(11)7-12-9/h4-5,7,10H,2-3,6,11H2,1H3. The molecule has 1 aromatic rings. The lowest BCUT2D eigenvalue weighted by molar-refractivity contribution is -0.143. The zero-order valence-corrected chi connectivity index (χ0v) is 8.31. The lowest BCUT2D eigenvalue weighted by Crippen LogP contribution is -2.22. The maximum absolute atomic E-state index is 5.59. The largest absolute Gasteiger partial charge is 0.397 e. The molecule has 1 aliphatic heterocycles. The van der Waals surface area contributed by atoms with E-state index in [1.807, 2.05) is 17.2 Å². The van der Waals surface area contributed by atoms with Crippen LogP contribution in [0.15, 0.2) is 18.3 Å². The van der Waals surface area contributed by atoms with E-state index in [4.69, 9.17) is 10.6 Å². The monoisotopic (exact) mass is 193 g/mol. The fraction of sp³-hybridized carbons (Fsp3) is 0.500. The van der Waals surface area contributed by atoms with E-state index in [0.717, 1.165) is 25.1 Å². The van der Waals surface area contributed by atoms with Crippen molar-refractivity contribution in [3.05, 3.63) is 24.0 Å². The van der Waals surface area contributed by atoms with E-state index in [1.165, 1.54) is 0 Å². The van der Waals surface area contributed by atoms with Gasteiger partial charge in [-0.1, -0.05) is 0 Å². The number of nitrogens with two attached hydrogens (primary N) is 1. The molecule has 1 saturated heterocycles. The molecule has 1 fully saturated rings. The molecule has 0 saturated carbocycles. The van der Waals surface area contributed by atoms with Gasteiger partial charge in [-0.3, -0.25) is 4.98 Å². The number of nitrogens with zero attached hydrogens (tertiary/aromatic N) is 2. The Kier molecular flexibility index (Phi) is 2.65. The fourth-order valence-electron chi connectivity index (χ4n) is 1.87. The third-order valence-corrected chi connectivity index (χ3v) is 2.59. The van der Waals surface area contributed by atoms with Crippen molar-refractivity contribution in [3.63, 3.8) is 0 Å². The van der Waals surface area contributed by atoms with Gasteiger partial charge in [-0.15, -0.1) is 0 Å². The number of pyridine rings is 1. The van der Waals surface area contributed by atoms with Gasteiger partial charge >= 0.3 is 0 Å². The van der Waals surface area contributed by atoms with Crippen molar-refractivity contribution < 1.29 is 4.84 Å². The first-order valence-electron chi connectivity index (χ1n) is 4.83. The molecule has 1 aliphatic rings. The van der Waals surface area contributed by atoms with E-state index in [0.29, 0.717) is 11.7 Å². The van der Waals surface area contributed by atoms with Crippen LogP contribution in [-0.4, -0.2) is 23.7 Å². The maximum atomic E-state index is 5.59. The Labute approximate surface area is 83.6 Å². The minimum absolute atomic E-state index is 0.292. The predicted molar refractivity (Wildman–Crippen MR) is 54.3 cm³/mol. The number of hydrogen-bond acceptors (Lipinski definition) is 4. The molecule has 1 aromatic heterocycles. The summed E-state index contributed by atoms with van der Waals surface area (Å²) in [6, 6.07) is 4.15. The fourth-order valence-corrected chi connectivity index (χ4v) is 1.87. The quantitative estimate of drug-likeness (QED) is 0.770. The van der Waals surface area contributed by atoms with Crippen molar-refractivity contribution in [3.8, 4) is 0 Å². The summed E-state index contributed by atoms with van der Waals surface area (Å²) in [6.07, 6.45) is 3.96. The van der Waals surface area contributed by atoms with Gasteiger partial charge in [-0.25, -0.2) is 0 Å². The molecule has 14 heavy (non-hydrogen) atoms. The average Bonchev–Trinajstić information content (AvgIpc) is 2.67. The first-order valence-corrected chi connectivity index (χ1v) is 4.83. The van der Waals surface area contributed by atoms with Crippen molar-refractivity contribution in [1.29, 1.82) is 0 Å². The molecule has 0 bridgehead atoms. The van der Waals surface area contributed by atoms with Crippen LogP contribution in [0.2, 0.25) is 0 Å². The molecule has 0 amide bonds. The highest BCUT2D eigenvalue weighted by Crippen LogP contribution is 2.30. The molecular formula is C10H15N3O. The molecule has 1 unspecified atom stereocenters. The number of aromatic nitrogens is 1. The summed E-state index contributed by atoms with van der Waals surface area (Å²) in [4.78, 5) is 9.58. The van der Waals surface area contributed by atoms with Gasteiger partial charge in [0, 0.05) is 6.54 Å². The van der Waals surface area contributed by atoms with Crippen LogP contribution >= 0.6 is 0 Å². The van der Waals surface area contributed by atoms with Crippen LogP contribution < -0.4 is 5.73 Å². The van der Waals surface area contributed by atoms with E-state index in [-0.39, 0.29) is 0 Å². The third kappa shape index (κ3) is 1.71. The molecule has 0 radical (unpaired) electrons. The van der Waals surface area contributed by atoms with E-state index in [2.05, 4.69) is 4.98 Å². The summed E-state index contributed by atoms with van der Waals surface area (Å²) >= 11 is 0. The number of nitrogen functional groups attached to an aromatic ring is 1. The molecule has 2 heterocycles. The highest BCUT2D eigenvalue weighted by Gasteiger charge is 2.26. The second-order valence-corrected chi connectivity index (χ2v) is 3.50. The van der Waals surface area contributed by atoms with Crippen LogP contribution in [0, 0.1) is 0 Å². The molecule has 4 heteroatoms. The number of anilines is 1. The Hall–Kier alpha value is -1.13. The second kappa shape index (κ2) is 3.94. The second-order valence-electron chi connectivity index (χ2n) is 3.50. The van der Waals surface area contributed by atoms with Gasteiger partial charge < -0.3 is 10.6 Å². The Bertz CT molecular complexity index is 299. The molecule has 4 nitrogen and oxygen atoms in total. The Morgan fingerprint density at radius 1 is 1.57 bits per heavy atom. The normalized spacial score (nSPS) is 22.8. The van der Waals surface area contributed by atoms with Gasteiger partial charge in [0.2, 0.25) is 0 Å². The van der Waals surface area contributed by atoms with Crippen molar-refractivity contribution >= 4 is 5.69 Å². The van der Waals surface area contributed by atoms with E-state index >= 15 is 0 Å². The molecule has 0 spiro atoms. The first kappa shape index (κ1) is 9.43. The highest BCUT2D eigenvalue weighted by atomic mass is 16.7. The van der Waals surface area contributed by atoms with E-state index in [1.54, 1.807) is 13.3 Å². The van der Waals surface area contributed by atoms with Crippen LogP contribution in [0.1, 0.15) is 24.6 Å². The Balaban J connectivity index is 2.17. The van der Waals surface area contributed by atoms with Crippen LogP contribution in [0.4, 0.5) is 5.69 Å². The summed E-state index contributed by atoms with van der Waals surface area (Å²) in [5.41, 5.74) is 7.33. The molecular weight excluding hydrogens is 178 g/mol. The SMILES string of the molecule is CON1CCCC1c1ccc(N)cn1. The summed E-state index contributed by atoms with van der Waals surface area (Å²) in [5, 5.41) is 1.97. The van der Waals surface area contributed by atoms with Crippen LogP contribution in [0.3, 0.4) is 0 Å². The molecule has 2 rings (SSSR count). The van der Waals surface area contributed by atoms with Crippen LogP contribution in [0.5, 0.6) is 0 Å².